The Hall–Kier alpha value is -3.71. The minimum atomic E-state index is -0.426. The van der Waals surface area contributed by atoms with E-state index in [0.717, 1.165) is 0 Å². The van der Waals surface area contributed by atoms with Gasteiger partial charge >= 0.3 is 0 Å². The average Bonchev–Trinajstić information content (AvgIpc) is 2.82. The molecule has 0 unspecified atom stereocenters. The predicted molar refractivity (Wildman–Crippen MR) is 124 cm³/mol. The molecule has 7 nitrogen and oxygen atoms in total. The number of methoxy groups -OCH3 is 3. The van der Waals surface area contributed by atoms with E-state index in [1.54, 1.807) is 66.7 Å². The van der Waals surface area contributed by atoms with Gasteiger partial charge < -0.3 is 19.5 Å². The highest BCUT2D eigenvalue weighted by atomic mass is 35.5. The van der Waals surface area contributed by atoms with E-state index in [0.29, 0.717) is 39.2 Å². The Morgan fingerprint density at radius 2 is 1.56 bits per heavy atom. The van der Waals surface area contributed by atoms with Crippen molar-refractivity contribution in [1.82, 2.24) is 0 Å². The molecule has 0 saturated carbocycles. The molecule has 0 aliphatic rings. The number of hydrogen-bond donors (Lipinski definition) is 1. The topological polar surface area (TPSA) is 77.1 Å². The normalized spacial score (nSPS) is 10.2. The number of carbonyl (C=O) groups is 2. The van der Waals surface area contributed by atoms with Crippen LogP contribution in [0.2, 0.25) is 5.02 Å². The van der Waals surface area contributed by atoms with E-state index in [2.05, 4.69) is 5.32 Å². The standard InChI is InChI=1S/C24H23ClN2O5/c1-30-18-12-13-21(31-2)19(14-18)26-23(28)15-27(20-6-4-5-7-22(20)32-3)24(29)16-8-10-17(25)11-9-16/h4-14H,15H2,1-3H3,(H,26,28). The molecule has 0 aromatic heterocycles. The van der Waals surface area contributed by atoms with Gasteiger partial charge in [-0.1, -0.05) is 23.7 Å². The summed E-state index contributed by atoms with van der Waals surface area (Å²) in [7, 11) is 4.54. The number of anilines is 2. The van der Waals surface area contributed by atoms with Crippen LogP contribution in [0.3, 0.4) is 0 Å². The molecule has 0 saturated heterocycles. The molecule has 166 valence electrons. The SMILES string of the molecule is COc1ccc(OC)c(NC(=O)CN(C(=O)c2ccc(Cl)cc2)c2ccccc2OC)c1. The van der Waals surface area contributed by atoms with Crippen LogP contribution in [0.1, 0.15) is 10.4 Å². The monoisotopic (exact) mass is 454 g/mol. The quantitative estimate of drug-likeness (QED) is 0.536. The van der Waals surface area contributed by atoms with E-state index in [4.69, 9.17) is 25.8 Å². The number of hydrogen-bond acceptors (Lipinski definition) is 5. The molecule has 0 aliphatic carbocycles. The molecular weight excluding hydrogens is 432 g/mol. The molecule has 1 N–H and O–H groups in total. The zero-order valence-electron chi connectivity index (χ0n) is 17.9. The molecule has 8 heteroatoms. The van der Waals surface area contributed by atoms with Crippen LogP contribution in [0.5, 0.6) is 17.2 Å². The lowest BCUT2D eigenvalue weighted by Crippen LogP contribution is -2.38. The van der Waals surface area contributed by atoms with E-state index >= 15 is 0 Å². The number of nitrogens with zero attached hydrogens (tertiary/aromatic N) is 1. The van der Waals surface area contributed by atoms with Crippen molar-refractivity contribution in [3.63, 3.8) is 0 Å². The fourth-order valence-corrected chi connectivity index (χ4v) is 3.24. The predicted octanol–water partition coefficient (Wildman–Crippen LogP) is 4.65. The second-order valence-corrected chi connectivity index (χ2v) is 7.12. The first-order chi connectivity index (χ1) is 15.5. The van der Waals surface area contributed by atoms with Crippen LogP contribution in [0, 0.1) is 0 Å². The molecule has 3 aromatic carbocycles. The van der Waals surface area contributed by atoms with E-state index in [1.807, 2.05) is 0 Å². The molecule has 32 heavy (non-hydrogen) atoms. The maximum absolute atomic E-state index is 13.3. The summed E-state index contributed by atoms with van der Waals surface area (Å²) in [5.74, 6) is 0.678. The van der Waals surface area contributed by atoms with Crippen LogP contribution in [0.15, 0.2) is 66.7 Å². The number of benzene rings is 3. The van der Waals surface area contributed by atoms with Crippen molar-refractivity contribution in [2.24, 2.45) is 0 Å². The van der Waals surface area contributed by atoms with Crippen LogP contribution >= 0.6 is 11.6 Å². The highest BCUT2D eigenvalue weighted by Gasteiger charge is 2.24. The molecular formula is C24H23ClN2O5. The minimum absolute atomic E-state index is 0.262. The lowest BCUT2D eigenvalue weighted by Gasteiger charge is -2.24. The Morgan fingerprint density at radius 1 is 0.875 bits per heavy atom. The first-order valence-corrected chi connectivity index (χ1v) is 10.1. The number of rotatable bonds is 8. The van der Waals surface area contributed by atoms with E-state index in [-0.39, 0.29) is 12.5 Å². The van der Waals surface area contributed by atoms with Gasteiger partial charge in [0.05, 0.1) is 32.7 Å². The van der Waals surface area contributed by atoms with Crippen LogP contribution in [0.25, 0.3) is 0 Å². The van der Waals surface area contributed by atoms with Crippen molar-refractivity contribution in [2.75, 3.05) is 38.1 Å². The summed E-state index contributed by atoms with van der Waals surface area (Å²) >= 11 is 5.96. The molecule has 0 atom stereocenters. The molecule has 0 heterocycles. The van der Waals surface area contributed by atoms with Crippen molar-refractivity contribution in [1.29, 1.82) is 0 Å². The number of nitrogens with one attached hydrogen (secondary N) is 1. The Kier molecular flexibility index (Phi) is 7.57. The van der Waals surface area contributed by atoms with E-state index < -0.39 is 5.91 Å². The van der Waals surface area contributed by atoms with E-state index in [9.17, 15) is 9.59 Å². The maximum Gasteiger partial charge on any atom is 0.258 e. The first kappa shape index (κ1) is 23.0. The number of para-hydroxylation sites is 2. The van der Waals surface area contributed by atoms with Crippen LogP contribution in [-0.4, -0.2) is 39.7 Å². The van der Waals surface area contributed by atoms with Gasteiger partial charge in [-0.05, 0) is 48.5 Å². The van der Waals surface area contributed by atoms with Gasteiger partial charge in [-0.2, -0.15) is 0 Å². The van der Waals surface area contributed by atoms with Crippen LogP contribution in [-0.2, 0) is 4.79 Å². The molecule has 3 rings (SSSR count). The molecule has 2 amide bonds. The summed E-state index contributed by atoms with van der Waals surface area (Å²) in [4.78, 5) is 27.7. The average molecular weight is 455 g/mol. The number of ether oxygens (including phenoxy) is 3. The summed E-state index contributed by atoms with van der Waals surface area (Å²) in [6, 6.07) is 18.5. The fourth-order valence-electron chi connectivity index (χ4n) is 3.11. The Morgan fingerprint density at radius 3 is 2.22 bits per heavy atom. The minimum Gasteiger partial charge on any atom is -0.497 e. The van der Waals surface area contributed by atoms with Crippen molar-refractivity contribution in [2.45, 2.75) is 0 Å². The Labute approximate surface area is 191 Å². The largest absolute Gasteiger partial charge is 0.497 e. The molecule has 0 radical (unpaired) electrons. The molecule has 0 fully saturated rings. The summed E-state index contributed by atoms with van der Waals surface area (Å²) < 4.78 is 16.0. The van der Waals surface area contributed by atoms with Gasteiger partial charge in [-0.25, -0.2) is 0 Å². The fraction of sp³-hybridized carbons (Fsp3) is 0.167. The summed E-state index contributed by atoms with van der Waals surface area (Å²) in [5, 5.41) is 3.30. The molecule has 3 aromatic rings. The molecule has 0 spiro atoms. The van der Waals surface area contributed by atoms with Crippen molar-refractivity contribution < 1.29 is 23.8 Å². The highest BCUT2D eigenvalue weighted by Crippen LogP contribution is 2.31. The first-order valence-electron chi connectivity index (χ1n) is 9.69. The Bertz CT molecular complexity index is 1100. The van der Waals surface area contributed by atoms with Gasteiger partial charge in [0.25, 0.3) is 5.91 Å². The van der Waals surface area contributed by atoms with Gasteiger partial charge in [-0.15, -0.1) is 0 Å². The summed E-state index contributed by atoms with van der Waals surface area (Å²) in [5.41, 5.74) is 1.27. The number of carbonyl (C=O) groups excluding carboxylic acids is 2. The zero-order chi connectivity index (χ0) is 23.1. The van der Waals surface area contributed by atoms with Crippen LogP contribution < -0.4 is 24.4 Å². The third-order valence-corrected chi connectivity index (χ3v) is 4.95. The van der Waals surface area contributed by atoms with Gasteiger partial charge in [0.15, 0.2) is 0 Å². The van der Waals surface area contributed by atoms with E-state index in [1.165, 1.54) is 26.2 Å². The smallest absolute Gasteiger partial charge is 0.258 e. The Balaban J connectivity index is 1.93. The maximum atomic E-state index is 13.3. The van der Waals surface area contributed by atoms with Crippen molar-refractivity contribution in [3.8, 4) is 17.2 Å². The van der Waals surface area contributed by atoms with Gasteiger partial charge in [0, 0.05) is 16.7 Å². The second kappa shape index (κ2) is 10.5. The van der Waals surface area contributed by atoms with Gasteiger partial charge in [0.2, 0.25) is 5.91 Å². The third kappa shape index (κ3) is 5.31. The second-order valence-electron chi connectivity index (χ2n) is 6.68. The highest BCUT2D eigenvalue weighted by molar-refractivity contribution is 6.30. The lowest BCUT2D eigenvalue weighted by atomic mass is 10.1. The summed E-state index contributed by atoms with van der Waals surface area (Å²) in [6.45, 7) is -0.262. The summed E-state index contributed by atoms with van der Waals surface area (Å²) in [6.07, 6.45) is 0. The lowest BCUT2D eigenvalue weighted by molar-refractivity contribution is -0.114. The van der Waals surface area contributed by atoms with Crippen molar-refractivity contribution in [3.05, 3.63) is 77.3 Å². The number of halogens is 1. The zero-order valence-corrected chi connectivity index (χ0v) is 18.7. The molecule has 0 bridgehead atoms. The molecule has 0 aliphatic heterocycles. The van der Waals surface area contributed by atoms with Gasteiger partial charge in [0.1, 0.15) is 23.8 Å². The third-order valence-electron chi connectivity index (χ3n) is 4.69. The van der Waals surface area contributed by atoms with Crippen molar-refractivity contribution >= 4 is 34.8 Å². The number of amides is 2. The van der Waals surface area contributed by atoms with Gasteiger partial charge in [-0.3, -0.25) is 14.5 Å². The van der Waals surface area contributed by atoms with Crippen LogP contribution in [0.4, 0.5) is 11.4 Å².